The van der Waals surface area contributed by atoms with E-state index in [-0.39, 0.29) is 11.7 Å². The summed E-state index contributed by atoms with van der Waals surface area (Å²) in [6.07, 6.45) is -4.33. The van der Waals surface area contributed by atoms with Crippen LogP contribution in [0.3, 0.4) is 0 Å². The largest absolute Gasteiger partial charge is 0.471 e. The second-order valence-corrected chi connectivity index (χ2v) is 3.90. The zero-order valence-corrected chi connectivity index (χ0v) is 10.4. The van der Waals surface area contributed by atoms with Crippen LogP contribution in [0.25, 0.3) is 11.4 Å². The van der Waals surface area contributed by atoms with Crippen LogP contribution in [-0.2, 0) is 11.0 Å². The van der Waals surface area contributed by atoms with Crippen LogP contribution in [0, 0.1) is 0 Å². The van der Waals surface area contributed by atoms with E-state index in [0.717, 1.165) is 0 Å². The molecule has 1 aromatic heterocycles. The van der Waals surface area contributed by atoms with Crippen LogP contribution < -0.4 is 5.32 Å². The van der Waals surface area contributed by atoms with Crippen molar-refractivity contribution in [3.05, 3.63) is 30.2 Å². The van der Waals surface area contributed by atoms with E-state index < -0.39 is 12.1 Å². The van der Waals surface area contributed by atoms with Gasteiger partial charge in [0.2, 0.25) is 11.7 Å². The molecule has 0 unspecified atom stereocenters. The van der Waals surface area contributed by atoms with E-state index in [0.29, 0.717) is 17.7 Å². The third-order valence-corrected chi connectivity index (χ3v) is 2.42. The Morgan fingerprint density at radius 3 is 2.45 bits per heavy atom. The fourth-order valence-electron chi connectivity index (χ4n) is 1.41. The molecule has 0 saturated heterocycles. The molecule has 0 aliphatic heterocycles. The highest BCUT2D eigenvalue weighted by atomic mass is 19.4. The van der Waals surface area contributed by atoms with Crippen molar-refractivity contribution in [1.82, 2.24) is 10.1 Å². The number of carbonyl (C=O) groups is 1. The van der Waals surface area contributed by atoms with Crippen LogP contribution in [0.1, 0.15) is 19.2 Å². The Morgan fingerprint density at radius 2 is 1.95 bits per heavy atom. The van der Waals surface area contributed by atoms with Crippen molar-refractivity contribution in [2.45, 2.75) is 19.5 Å². The Labute approximate surface area is 111 Å². The molecule has 0 fully saturated rings. The normalized spacial score (nSPS) is 11.4. The lowest BCUT2D eigenvalue weighted by atomic mass is 10.2. The standard InChI is InChI=1S/C12H10F3N3O2/c1-2-9(19)16-8-5-3-7(4-6-8)10-17-11(20-18-10)12(13,14)15/h3-6H,2H2,1H3,(H,16,19). The van der Waals surface area contributed by atoms with E-state index in [9.17, 15) is 18.0 Å². The first-order valence-corrected chi connectivity index (χ1v) is 5.71. The van der Waals surface area contributed by atoms with Gasteiger partial charge in [-0.2, -0.15) is 18.2 Å². The van der Waals surface area contributed by atoms with Crippen LogP contribution >= 0.6 is 0 Å². The van der Waals surface area contributed by atoms with Gasteiger partial charge in [-0.3, -0.25) is 4.79 Å². The summed E-state index contributed by atoms with van der Waals surface area (Å²) in [5.74, 6) is -1.71. The number of amides is 1. The molecule has 2 aromatic rings. The third-order valence-electron chi connectivity index (χ3n) is 2.42. The van der Waals surface area contributed by atoms with Gasteiger partial charge in [-0.15, -0.1) is 0 Å². The van der Waals surface area contributed by atoms with Gasteiger partial charge < -0.3 is 9.84 Å². The van der Waals surface area contributed by atoms with Crippen LogP contribution in [-0.4, -0.2) is 16.0 Å². The Balaban J connectivity index is 2.18. The highest BCUT2D eigenvalue weighted by molar-refractivity contribution is 5.90. The van der Waals surface area contributed by atoms with Gasteiger partial charge in [0.15, 0.2) is 0 Å². The molecule has 0 spiro atoms. The van der Waals surface area contributed by atoms with Gasteiger partial charge in [-0.25, -0.2) is 0 Å². The molecule has 0 aliphatic rings. The third kappa shape index (κ3) is 3.14. The number of anilines is 1. The summed E-state index contributed by atoms with van der Waals surface area (Å²) in [6, 6.07) is 6.09. The molecule has 1 amide bonds. The maximum absolute atomic E-state index is 12.3. The first-order chi connectivity index (χ1) is 9.40. The molecule has 1 aromatic carbocycles. The Bertz CT molecular complexity index is 605. The van der Waals surface area contributed by atoms with E-state index in [1.165, 1.54) is 12.1 Å². The SMILES string of the molecule is CCC(=O)Nc1ccc(-c2noc(C(F)(F)F)n2)cc1. The maximum atomic E-state index is 12.3. The summed E-state index contributed by atoms with van der Waals surface area (Å²) >= 11 is 0. The number of carbonyl (C=O) groups excluding carboxylic acids is 1. The molecular weight excluding hydrogens is 275 g/mol. The summed E-state index contributed by atoms with van der Waals surface area (Å²) in [5.41, 5.74) is 0.902. The number of hydrogen-bond acceptors (Lipinski definition) is 4. The number of aromatic nitrogens is 2. The van der Waals surface area contributed by atoms with Crippen molar-refractivity contribution in [3.63, 3.8) is 0 Å². The number of benzene rings is 1. The van der Waals surface area contributed by atoms with Crippen LogP contribution in [0.4, 0.5) is 18.9 Å². The number of nitrogens with zero attached hydrogens (tertiary/aromatic N) is 2. The monoisotopic (exact) mass is 285 g/mol. The molecule has 0 radical (unpaired) electrons. The minimum absolute atomic E-state index is 0.156. The number of hydrogen-bond donors (Lipinski definition) is 1. The van der Waals surface area contributed by atoms with Crippen molar-refractivity contribution >= 4 is 11.6 Å². The summed E-state index contributed by atoms with van der Waals surface area (Å²) in [6.45, 7) is 1.71. The summed E-state index contributed by atoms with van der Waals surface area (Å²) in [7, 11) is 0. The predicted molar refractivity (Wildman–Crippen MR) is 63.7 cm³/mol. The Kier molecular flexibility index (Phi) is 3.73. The van der Waals surface area contributed by atoms with Crippen LogP contribution in [0.5, 0.6) is 0 Å². The maximum Gasteiger partial charge on any atom is 0.471 e. The average molecular weight is 285 g/mol. The molecule has 5 nitrogen and oxygen atoms in total. The van der Waals surface area contributed by atoms with E-state index >= 15 is 0 Å². The smallest absolute Gasteiger partial charge is 0.329 e. The minimum atomic E-state index is -4.67. The number of alkyl halides is 3. The molecule has 8 heteroatoms. The van der Waals surface area contributed by atoms with Crippen LogP contribution in [0.15, 0.2) is 28.8 Å². The van der Waals surface area contributed by atoms with E-state index in [2.05, 4.69) is 20.0 Å². The topological polar surface area (TPSA) is 68.0 Å². The molecule has 20 heavy (non-hydrogen) atoms. The Morgan fingerprint density at radius 1 is 1.30 bits per heavy atom. The van der Waals surface area contributed by atoms with Gasteiger partial charge in [0.1, 0.15) is 0 Å². The quantitative estimate of drug-likeness (QED) is 0.940. The van der Waals surface area contributed by atoms with E-state index in [4.69, 9.17) is 0 Å². The molecular formula is C12H10F3N3O2. The van der Waals surface area contributed by atoms with E-state index in [1.807, 2.05) is 0 Å². The van der Waals surface area contributed by atoms with Crippen molar-refractivity contribution in [1.29, 1.82) is 0 Å². The van der Waals surface area contributed by atoms with Gasteiger partial charge in [0.05, 0.1) is 0 Å². The lowest BCUT2D eigenvalue weighted by Gasteiger charge is -2.03. The molecule has 0 atom stereocenters. The highest BCUT2D eigenvalue weighted by Crippen LogP contribution is 2.29. The van der Waals surface area contributed by atoms with Crippen molar-refractivity contribution in [2.24, 2.45) is 0 Å². The first-order valence-electron chi connectivity index (χ1n) is 5.71. The lowest BCUT2D eigenvalue weighted by molar-refractivity contribution is -0.159. The van der Waals surface area contributed by atoms with Gasteiger partial charge in [-0.1, -0.05) is 12.1 Å². The number of halogens is 3. The van der Waals surface area contributed by atoms with Crippen LogP contribution in [0.2, 0.25) is 0 Å². The lowest BCUT2D eigenvalue weighted by Crippen LogP contribution is -2.09. The molecule has 0 saturated carbocycles. The second-order valence-electron chi connectivity index (χ2n) is 3.90. The molecule has 106 valence electrons. The first kappa shape index (κ1) is 14.0. The highest BCUT2D eigenvalue weighted by Gasteiger charge is 2.38. The molecule has 2 rings (SSSR count). The summed E-state index contributed by atoms with van der Waals surface area (Å²) in [4.78, 5) is 14.4. The van der Waals surface area contributed by atoms with Gasteiger partial charge in [0, 0.05) is 17.7 Å². The Hall–Kier alpha value is -2.38. The fraction of sp³-hybridized carbons (Fsp3) is 0.250. The summed E-state index contributed by atoms with van der Waals surface area (Å²) in [5, 5.41) is 5.88. The fourth-order valence-corrected chi connectivity index (χ4v) is 1.41. The molecule has 0 bridgehead atoms. The summed E-state index contributed by atoms with van der Waals surface area (Å²) < 4.78 is 41.1. The van der Waals surface area contributed by atoms with Gasteiger partial charge in [-0.05, 0) is 24.3 Å². The zero-order chi connectivity index (χ0) is 14.8. The van der Waals surface area contributed by atoms with Gasteiger partial charge in [0.25, 0.3) is 0 Å². The zero-order valence-electron chi connectivity index (χ0n) is 10.4. The minimum Gasteiger partial charge on any atom is -0.329 e. The number of nitrogens with one attached hydrogen (secondary N) is 1. The predicted octanol–water partition coefficient (Wildman–Crippen LogP) is 3.10. The van der Waals surface area contributed by atoms with Gasteiger partial charge >= 0.3 is 12.1 Å². The molecule has 0 aliphatic carbocycles. The number of rotatable bonds is 3. The molecule has 1 heterocycles. The van der Waals surface area contributed by atoms with Crippen molar-refractivity contribution < 1.29 is 22.5 Å². The van der Waals surface area contributed by atoms with Crippen molar-refractivity contribution in [2.75, 3.05) is 5.32 Å². The van der Waals surface area contributed by atoms with E-state index in [1.54, 1.807) is 19.1 Å². The average Bonchev–Trinajstić information content (AvgIpc) is 2.89. The molecule has 1 N–H and O–H groups in total. The van der Waals surface area contributed by atoms with Crippen molar-refractivity contribution in [3.8, 4) is 11.4 Å². The second kappa shape index (κ2) is 5.32.